The van der Waals surface area contributed by atoms with Crippen LogP contribution in [0.2, 0.25) is 0 Å². The lowest BCUT2D eigenvalue weighted by molar-refractivity contribution is 0.240. The molecule has 0 saturated heterocycles. The van der Waals surface area contributed by atoms with Crippen molar-refractivity contribution in [2.24, 2.45) is 5.92 Å². The predicted molar refractivity (Wildman–Crippen MR) is 62.3 cm³/mol. The van der Waals surface area contributed by atoms with Gasteiger partial charge in [-0.15, -0.1) is 0 Å². The Labute approximate surface area is 96.5 Å². The van der Waals surface area contributed by atoms with Crippen LogP contribution in [0.25, 0.3) is 0 Å². The van der Waals surface area contributed by atoms with Gasteiger partial charge in [-0.1, -0.05) is 12.8 Å². The Morgan fingerprint density at radius 3 is 2.81 bits per heavy atom. The van der Waals surface area contributed by atoms with Crippen LogP contribution < -0.4 is 4.74 Å². The number of aromatic nitrogens is 1. The Morgan fingerprint density at radius 2 is 2.12 bits per heavy atom. The monoisotopic (exact) mass is 221 g/mol. The molecule has 1 heterocycles. The van der Waals surface area contributed by atoms with Crippen LogP contribution in [0.3, 0.4) is 0 Å². The summed E-state index contributed by atoms with van der Waals surface area (Å²) in [6.07, 6.45) is 5.21. The van der Waals surface area contributed by atoms with Gasteiger partial charge in [0, 0.05) is 11.8 Å². The maximum atomic E-state index is 9.08. The van der Waals surface area contributed by atoms with Gasteiger partial charge in [-0.05, 0) is 37.3 Å². The molecular formula is C13H19NO2. The Kier molecular flexibility index (Phi) is 3.78. The zero-order chi connectivity index (χ0) is 11.4. The first kappa shape index (κ1) is 11.4. The molecular weight excluding hydrogens is 202 g/mol. The lowest BCUT2D eigenvalue weighted by Crippen LogP contribution is -2.09. The van der Waals surface area contributed by atoms with Crippen LogP contribution in [0.5, 0.6) is 5.88 Å². The van der Waals surface area contributed by atoms with Gasteiger partial charge in [0.2, 0.25) is 5.88 Å². The van der Waals surface area contributed by atoms with Gasteiger partial charge in [-0.3, -0.25) is 0 Å². The van der Waals surface area contributed by atoms with Crippen LogP contribution in [-0.4, -0.2) is 16.7 Å². The molecule has 3 heteroatoms. The fourth-order valence-electron chi connectivity index (χ4n) is 2.25. The zero-order valence-corrected chi connectivity index (χ0v) is 9.78. The van der Waals surface area contributed by atoms with Crippen LogP contribution in [-0.2, 0) is 6.61 Å². The van der Waals surface area contributed by atoms with Gasteiger partial charge in [-0.2, -0.15) is 0 Å². The summed E-state index contributed by atoms with van der Waals surface area (Å²) in [5.74, 6) is 1.34. The Morgan fingerprint density at radius 1 is 1.38 bits per heavy atom. The van der Waals surface area contributed by atoms with E-state index in [1.165, 1.54) is 25.7 Å². The van der Waals surface area contributed by atoms with Gasteiger partial charge in [0.25, 0.3) is 0 Å². The van der Waals surface area contributed by atoms with Crippen molar-refractivity contribution in [2.75, 3.05) is 6.61 Å². The van der Waals surface area contributed by atoms with Gasteiger partial charge >= 0.3 is 0 Å². The molecule has 88 valence electrons. The van der Waals surface area contributed by atoms with E-state index in [0.717, 1.165) is 17.9 Å². The number of rotatable bonds is 4. The molecule has 0 atom stereocenters. The molecule has 1 aliphatic rings. The minimum absolute atomic E-state index is 0.0448. The maximum absolute atomic E-state index is 9.08. The summed E-state index contributed by atoms with van der Waals surface area (Å²) in [5.41, 5.74) is 1.77. The van der Waals surface area contributed by atoms with Gasteiger partial charge < -0.3 is 9.84 Å². The largest absolute Gasteiger partial charge is 0.477 e. The quantitative estimate of drug-likeness (QED) is 0.849. The molecule has 3 nitrogen and oxygen atoms in total. The van der Waals surface area contributed by atoms with Crippen molar-refractivity contribution in [2.45, 2.75) is 39.2 Å². The third kappa shape index (κ3) is 2.95. The molecule has 1 aromatic heterocycles. The molecule has 1 N–H and O–H groups in total. The van der Waals surface area contributed by atoms with Crippen molar-refractivity contribution in [3.63, 3.8) is 0 Å². The minimum Gasteiger partial charge on any atom is -0.477 e. The lowest BCUT2D eigenvalue weighted by atomic mass is 10.1. The Bertz CT molecular complexity index is 346. The van der Waals surface area contributed by atoms with Crippen LogP contribution >= 0.6 is 0 Å². The standard InChI is InChI=1S/C13H19NO2/c1-10-6-12(8-15)7-13(14-10)16-9-11-4-2-3-5-11/h6-7,11,15H,2-5,8-9H2,1H3. The summed E-state index contributed by atoms with van der Waals surface area (Å²) >= 11 is 0. The van der Waals surface area contributed by atoms with Crippen molar-refractivity contribution in [1.82, 2.24) is 4.98 Å². The number of hydrogen-bond donors (Lipinski definition) is 1. The Balaban J connectivity index is 1.94. The summed E-state index contributed by atoms with van der Waals surface area (Å²) in [7, 11) is 0. The molecule has 1 fully saturated rings. The highest BCUT2D eigenvalue weighted by Crippen LogP contribution is 2.25. The van der Waals surface area contributed by atoms with Gasteiger partial charge in [-0.25, -0.2) is 4.98 Å². The predicted octanol–water partition coefficient (Wildman–Crippen LogP) is 2.45. The smallest absolute Gasteiger partial charge is 0.213 e. The van der Waals surface area contributed by atoms with E-state index in [1.54, 1.807) is 0 Å². The average molecular weight is 221 g/mol. The fraction of sp³-hybridized carbons (Fsp3) is 0.615. The van der Waals surface area contributed by atoms with Crippen molar-refractivity contribution in [3.8, 4) is 5.88 Å². The van der Waals surface area contributed by atoms with Crippen molar-refractivity contribution < 1.29 is 9.84 Å². The number of ether oxygens (including phenoxy) is 1. The topological polar surface area (TPSA) is 42.4 Å². The second kappa shape index (κ2) is 5.30. The molecule has 0 bridgehead atoms. The molecule has 0 aliphatic heterocycles. The van der Waals surface area contributed by atoms with Crippen LogP contribution in [0, 0.1) is 12.8 Å². The molecule has 0 spiro atoms. The van der Waals surface area contributed by atoms with E-state index >= 15 is 0 Å². The number of aliphatic hydroxyl groups excluding tert-OH is 1. The van der Waals surface area contributed by atoms with E-state index in [1.807, 2.05) is 19.1 Å². The molecule has 0 amide bonds. The molecule has 1 saturated carbocycles. The van der Waals surface area contributed by atoms with Crippen molar-refractivity contribution in [3.05, 3.63) is 23.4 Å². The number of aryl methyl sites for hydroxylation is 1. The first-order valence-corrected chi connectivity index (χ1v) is 5.99. The molecule has 0 unspecified atom stereocenters. The summed E-state index contributed by atoms with van der Waals surface area (Å²) in [4.78, 5) is 4.31. The van der Waals surface area contributed by atoms with Gasteiger partial charge in [0.1, 0.15) is 0 Å². The highest BCUT2D eigenvalue weighted by atomic mass is 16.5. The van der Waals surface area contributed by atoms with E-state index in [0.29, 0.717) is 11.8 Å². The molecule has 2 rings (SSSR count). The van der Waals surface area contributed by atoms with Crippen LogP contribution in [0.1, 0.15) is 36.9 Å². The highest BCUT2D eigenvalue weighted by molar-refractivity contribution is 5.23. The zero-order valence-electron chi connectivity index (χ0n) is 9.78. The number of hydrogen-bond acceptors (Lipinski definition) is 3. The molecule has 0 aromatic carbocycles. The molecule has 0 radical (unpaired) electrons. The fourth-order valence-corrected chi connectivity index (χ4v) is 2.25. The van der Waals surface area contributed by atoms with E-state index < -0.39 is 0 Å². The normalized spacial score (nSPS) is 16.6. The summed E-state index contributed by atoms with van der Waals surface area (Å²) in [6, 6.07) is 3.70. The Hall–Kier alpha value is -1.09. The lowest BCUT2D eigenvalue weighted by Gasteiger charge is -2.11. The highest BCUT2D eigenvalue weighted by Gasteiger charge is 2.15. The molecule has 1 aromatic rings. The number of aliphatic hydroxyl groups is 1. The second-order valence-corrected chi connectivity index (χ2v) is 4.57. The third-order valence-corrected chi connectivity index (χ3v) is 3.11. The maximum Gasteiger partial charge on any atom is 0.213 e. The minimum atomic E-state index is 0.0448. The van der Waals surface area contributed by atoms with Crippen LogP contribution in [0.15, 0.2) is 12.1 Å². The number of pyridine rings is 1. The average Bonchev–Trinajstić information content (AvgIpc) is 2.78. The first-order valence-electron chi connectivity index (χ1n) is 5.99. The van der Waals surface area contributed by atoms with E-state index in [-0.39, 0.29) is 6.61 Å². The van der Waals surface area contributed by atoms with Crippen LogP contribution in [0.4, 0.5) is 0 Å². The van der Waals surface area contributed by atoms with E-state index in [9.17, 15) is 0 Å². The summed E-state index contributed by atoms with van der Waals surface area (Å²) in [6.45, 7) is 2.73. The SMILES string of the molecule is Cc1cc(CO)cc(OCC2CCCC2)n1. The second-order valence-electron chi connectivity index (χ2n) is 4.57. The van der Waals surface area contributed by atoms with Gasteiger partial charge in [0.15, 0.2) is 0 Å². The van der Waals surface area contributed by atoms with Crippen molar-refractivity contribution in [1.29, 1.82) is 0 Å². The van der Waals surface area contributed by atoms with Gasteiger partial charge in [0.05, 0.1) is 13.2 Å². The summed E-state index contributed by atoms with van der Waals surface area (Å²) in [5, 5.41) is 9.08. The molecule has 1 aliphatic carbocycles. The van der Waals surface area contributed by atoms with E-state index in [4.69, 9.17) is 9.84 Å². The van der Waals surface area contributed by atoms with E-state index in [2.05, 4.69) is 4.98 Å². The first-order chi connectivity index (χ1) is 7.78. The van der Waals surface area contributed by atoms with Crippen molar-refractivity contribution >= 4 is 0 Å². The third-order valence-electron chi connectivity index (χ3n) is 3.11. The summed E-state index contributed by atoms with van der Waals surface area (Å²) < 4.78 is 5.69. The number of nitrogens with zero attached hydrogens (tertiary/aromatic N) is 1. The molecule has 16 heavy (non-hydrogen) atoms.